The maximum atomic E-state index is 10.9. The standard InChI is InChI=1S/C11H15N3O4/c1-3-13(7-8(2)11(15)16)9-4-5-12-6-10(9)14(17)18/h4-6,8H,3,7H2,1-2H3,(H,15,16). The van der Waals surface area contributed by atoms with E-state index in [2.05, 4.69) is 4.98 Å². The van der Waals surface area contributed by atoms with Gasteiger partial charge < -0.3 is 10.0 Å². The highest BCUT2D eigenvalue weighted by molar-refractivity contribution is 5.71. The van der Waals surface area contributed by atoms with Crippen LogP contribution in [0.2, 0.25) is 0 Å². The average Bonchev–Trinajstić information content (AvgIpc) is 2.35. The van der Waals surface area contributed by atoms with Crippen molar-refractivity contribution in [1.82, 2.24) is 4.98 Å². The highest BCUT2D eigenvalue weighted by atomic mass is 16.6. The lowest BCUT2D eigenvalue weighted by Crippen LogP contribution is -2.32. The Bertz CT molecular complexity index is 450. The van der Waals surface area contributed by atoms with Gasteiger partial charge in [0.1, 0.15) is 11.9 Å². The van der Waals surface area contributed by atoms with Gasteiger partial charge in [-0.05, 0) is 13.0 Å². The van der Waals surface area contributed by atoms with Crippen molar-refractivity contribution in [3.05, 3.63) is 28.6 Å². The highest BCUT2D eigenvalue weighted by Crippen LogP contribution is 2.26. The Kier molecular flexibility index (Phi) is 4.59. The smallest absolute Gasteiger partial charge is 0.310 e. The molecule has 1 atom stereocenters. The van der Waals surface area contributed by atoms with Crippen LogP contribution in [0.5, 0.6) is 0 Å². The number of carboxylic acids is 1. The zero-order chi connectivity index (χ0) is 13.7. The van der Waals surface area contributed by atoms with E-state index >= 15 is 0 Å². The summed E-state index contributed by atoms with van der Waals surface area (Å²) in [6.07, 6.45) is 2.62. The molecule has 0 aliphatic heterocycles. The topological polar surface area (TPSA) is 96.6 Å². The predicted octanol–water partition coefficient (Wildman–Crippen LogP) is 1.54. The third-order valence-corrected chi connectivity index (χ3v) is 2.61. The van der Waals surface area contributed by atoms with Gasteiger partial charge in [-0.15, -0.1) is 0 Å². The maximum Gasteiger partial charge on any atom is 0.310 e. The summed E-state index contributed by atoms with van der Waals surface area (Å²) in [7, 11) is 0. The van der Waals surface area contributed by atoms with E-state index in [0.29, 0.717) is 12.2 Å². The molecule has 1 aromatic heterocycles. The SMILES string of the molecule is CCN(CC(C)C(=O)O)c1ccncc1[N+](=O)[O-]. The first kappa shape index (κ1) is 13.9. The molecule has 0 aliphatic carbocycles. The molecule has 1 unspecified atom stereocenters. The number of nitro groups is 1. The summed E-state index contributed by atoms with van der Waals surface area (Å²) in [5, 5.41) is 19.8. The minimum atomic E-state index is -0.926. The van der Waals surface area contributed by atoms with Crippen molar-refractivity contribution in [2.24, 2.45) is 5.92 Å². The van der Waals surface area contributed by atoms with Crippen LogP contribution in [0.3, 0.4) is 0 Å². The fourth-order valence-electron chi connectivity index (χ4n) is 1.59. The summed E-state index contributed by atoms with van der Waals surface area (Å²) >= 11 is 0. The normalized spacial score (nSPS) is 11.9. The monoisotopic (exact) mass is 253 g/mol. The van der Waals surface area contributed by atoms with E-state index in [1.165, 1.54) is 18.5 Å². The Balaban J connectivity index is 3.02. The minimum absolute atomic E-state index is 0.114. The first-order valence-electron chi connectivity index (χ1n) is 5.53. The average molecular weight is 253 g/mol. The van der Waals surface area contributed by atoms with Crippen LogP contribution >= 0.6 is 0 Å². The van der Waals surface area contributed by atoms with Gasteiger partial charge in [-0.2, -0.15) is 0 Å². The molecule has 7 nitrogen and oxygen atoms in total. The molecule has 0 spiro atoms. The molecule has 0 aromatic carbocycles. The van der Waals surface area contributed by atoms with Crippen LogP contribution in [0.25, 0.3) is 0 Å². The van der Waals surface area contributed by atoms with Gasteiger partial charge in [0.2, 0.25) is 0 Å². The molecule has 0 fully saturated rings. The first-order chi connectivity index (χ1) is 8.47. The van der Waals surface area contributed by atoms with E-state index in [0.717, 1.165) is 0 Å². The molecule has 1 heterocycles. The Hall–Kier alpha value is -2.18. The van der Waals surface area contributed by atoms with Gasteiger partial charge in [0.15, 0.2) is 0 Å². The molecule has 0 radical (unpaired) electrons. The molecule has 7 heteroatoms. The Morgan fingerprint density at radius 1 is 1.67 bits per heavy atom. The molecular weight excluding hydrogens is 238 g/mol. The second-order valence-corrected chi connectivity index (χ2v) is 3.90. The molecule has 98 valence electrons. The summed E-state index contributed by atoms with van der Waals surface area (Å²) in [6, 6.07) is 1.52. The van der Waals surface area contributed by atoms with Crippen molar-refractivity contribution < 1.29 is 14.8 Å². The molecule has 1 N–H and O–H groups in total. The summed E-state index contributed by atoms with van der Waals surface area (Å²) in [5.74, 6) is -1.53. The molecule has 0 aliphatic rings. The van der Waals surface area contributed by atoms with Gasteiger partial charge in [-0.25, -0.2) is 0 Å². The van der Waals surface area contributed by atoms with E-state index in [-0.39, 0.29) is 12.2 Å². The molecule has 1 aromatic rings. The third kappa shape index (κ3) is 3.16. The molecular formula is C11H15N3O4. The quantitative estimate of drug-likeness (QED) is 0.610. The van der Waals surface area contributed by atoms with Crippen molar-refractivity contribution in [2.45, 2.75) is 13.8 Å². The maximum absolute atomic E-state index is 10.9. The van der Waals surface area contributed by atoms with Gasteiger partial charge in [-0.1, -0.05) is 6.92 Å². The zero-order valence-electron chi connectivity index (χ0n) is 10.2. The van der Waals surface area contributed by atoms with Crippen molar-refractivity contribution >= 4 is 17.3 Å². The summed E-state index contributed by atoms with van der Waals surface area (Å²) in [5.41, 5.74) is 0.280. The minimum Gasteiger partial charge on any atom is -0.481 e. The van der Waals surface area contributed by atoms with Gasteiger partial charge in [0.05, 0.1) is 10.8 Å². The number of hydrogen-bond acceptors (Lipinski definition) is 5. The lowest BCUT2D eigenvalue weighted by molar-refractivity contribution is -0.384. The molecule has 18 heavy (non-hydrogen) atoms. The van der Waals surface area contributed by atoms with Crippen LogP contribution in [-0.2, 0) is 4.79 Å². The largest absolute Gasteiger partial charge is 0.481 e. The number of aromatic nitrogens is 1. The number of nitrogens with zero attached hydrogens (tertiary/aromatic N) is 3. The number of carbonyl (C=O) groups is 1. The second kappa shape index (κ2) is 5.95. The number of anilines is 1. The van der Waals surface area contributed by atoms with Crippen LogP contribution in [0, 0.1) is 16.0 Å². The molecule has 0 saturated heterocycles. The number of pyridine rings is 1. The lowest BCUT2D eigenvalue weighted by atomic mass is 10.1. The van der Waals surface area contributed by atoms with Crippen molar-refractivity contribution in [3.8, 4) is 0 Å². The van der Waals surface area contributed by atoms with Gasteiger partial charge >= 0.3 is 11.7 Å². The molecule has 0 bridgehead atoms. The summed E-state index contributed by atoms with van der Waals surface area (Å²) in [6.45, 7) is 4.09. The van der Waals surface area contributed by atoms with Gasteiger partial charge in [0, 0.05) is 19.3 Å². The van der Waals surface area contributed by atoms with E-state index < -0.39 is 16.8 Å². The fraction of sp³-hybridized carbons (Fsp3) is 0.455. The van der Waals surface area contributed by atoms with E-state index in [9.17, 15) is 14.9 Å². The van der Waals surface area contributed by atoms with Crippen molar-refractivity contribution in [3.63, 3.8) is 0 Å². The van der Waals surface area contributed by atoms with Gasteiger partial charge in [0.25, 0.3) is 0 Å². The first-order valence-corrected chi connectivity index (χ1v) is 5.53. The molecule has 0 amide bonds. The van der Waals surface area contributed by atoms with Crippen LogP contribution in [0.1, 0.15) is 13.8 Å². The predicted molar refractivity (Wildman–Crippen MR) is 65.6 cm³/mol. The van der Waals surface area contributed by atoms with Crippen LogP contribution in [0.4, 0.5) is 11.4 Å². The Morgan fingerprint density at radius 2 is 2.33 bits per heavy atom. The summed E-state index contributed by atoms with van der Waals surface area (Å²) < 4.78 is 0. The zero-order valence-corrected chi connectivity index (χ0v) is 10.2. The van der Waals surface area contributed by atoms with Crippen LogP contribution in [0.15, 0.2) is 18.5 Å². The van der Waals surface area contributed by atoms with Crippen LogP contribution < -0.4 is 4.90 Å². The number of hydrogen-bond donors (Lipinski definition) is 1. The number of rotatable bonds is 6. The third-order valence-electron chi connectivity index (χ3n) is 2.61. The fourth-order valence-corrected chi connectivity index (χ4v) is 1.59. The van der Waals surface area contributed by atoms with E-state index in [1.807, 2.05) is 6.92 Å². The second-order valence-electron chi connectivity index (χ2n) is 3.90. The Morgan fingerprint density at radius 3 is 2.83 bits per heavy atom. The van der Waals surface area contributed by atoms with Gasteiger partial charge in [-0.3, -0.25) is 19.9 Å². The summed E-state index contributed by atoms with van der Waals surface area (Å²) in [4.78, 5) is 26.6. The van der Waals surface area contributed by atoms with Crippen LogP contribution in [-0.4, -0.2) is 34.1 Å². The van der Waals surface area contributed by atoms with Crippen molar-refractivity contribution in [2.75, 3.05) is 18.0 Å². The van der Waals surface area contributed by atoms with Crippen molar-refractivity contribution in [1.29, 1.82) is 0 Å². The molecule has 1 rings (SSSR count). The highest BCUT2D eigenvalue weighted by Gasteiger charge is 2.22. The Labute approximate surface area is 104 Å². The number of aliphatic carboxylic acids is 1. The van der Waals surface area contributed by atoms with E-state index in [4.69, 9.17) is 5.11 Å². The lowest BCUT2D eigenvalue weighted by Gasteiger charge is -2.24. The van der Waals surface area contributed by atoms with E-state index in [1.54, 1.807) is 11.8 Å². The number of carboxylic acid groups (broad SMARTS) is 1. The molecule has 0 saturated carbocycles.